The van der Waals surface area contributed by atoms with Crippen LogP contribution in [0.3, 0.4) is 0 Å². The molecule has 2 atom stereocenters. The Kier molecular flexibility index (Phi) is 5.19. The number of amides is 2. The largest absolute Gasteiger partial charge is 0.356 e. The van der Waals surface area contributed by atoms with E-state index in [9.17, 15) is 9.59 Å². The normalized spacial score (nSPS) is 28.8. The summed E-state index contributed by atoms with van der Waals surface area (Å²) in [4.78, 5) is 29.4. The average molecular weight is 371 g/mol. The maximum Gasteiger partial charge on any atom is 0.254 e. The molecule has 0 bridgehead atoms. The number of likely N-dealkylation sites (tertiary alicyclic amines) is 2. The van der Waals surface area contributed by atoms with Crippen LogP contribution in [0.15, 0.2) is 30.3 Å². The Morgan fingerprint density at radius 2 is 1.89 bits per heavy atom. The Balaban J connectivity index is 1.44. The van der Waals surface area contributed by atoms with Crippen molar-refractivity contribution in [2.24, 2.45) is 5.41 Å². The highest BCUT2D eigenvalue weighted by molar-refractivity contribution is 5.86. The van der Waals surface area contributed by atoms with Gasteiger partial charge in [-0.25, -0.2) is 0 Å². The summed E-state index contributed by atoms with van der Waals surface area (Å²) in [6, 6.07) is 9.21. The third-order valence-electron chi connectivity index (χ3n) is 6.40. The van der Waals surface area contributed by atoms with E-state index in [-0.39, 0.29) is 18.4 Å². The van der Waals surface area contributed by atoms with Gasteiger partial charge >= 0.3 is 0 Å². The molecule has 4 rings (SSSR count). The molecule has 1 aromatic carbocycles. The van der Waals surface area contributed by atoms with Gasteiger partial charge in [0.1, 0.15) is 6.61 Å². The van der Waals surface area contributed by atoms with Crippen LogP contribution in [0.5, 0.6) is 0 Å². The van der Waals surface area contributed by atoms with Crippen LogP contribution in [0.2, 0.25) is 0 Å². The fourth-order valence-electron chi connectivity index (χ4n) is 4.93. The highest BCUT2D eigenvalue weighted by Gasteiger charge is 2.42. The van der Waals surface area contributed by atoms with E-state index >= 15 is 0 Å². The molecule has 3 fully saturated rings. The summed E-state index contributed by atoms with van der Waals surface area (Å²) >= 11 is 0. The number of nitrogens with zero attached hydrogens (tertiary/aromatic N) is 2. The van der Waals surface area contributed by atoms with Crippen molar-refractivity contribution in [1.29, 1.82) is 0 Å². The summed E-state index contributed by atoms with van der Waals surface area (Å²) in [6.07, 6.45) is 3.98. The van der Waals surface area contributed by atoms with Gasteiger partial charge in [-0.2, -0.15) is 0 Å². The van der Waals surface area contributed by atoms with Crippen molar-refractivity contribution >= 4 is 11.8 Å². The van der Waals surface area contributed by atoms with E-state index in [1.54, 1.807) is 0 Å². The Bertz CT molecular complexity index is 685. The summed E-state index contributed by atoms with van der Waals surface area (Å²) in [5, 5.41) is 2.95. The van der Waals surface area contributed by atoms with Crippen molar-refractivity contribution < 1.29 is 14.3 Å². The molecule has 27 heavy (non-hydrogen) atoms. The van der Waals surface area contributed by atoms with Crippen molar-refractivity contribution in [2.45, 2.75) is 37.8 Å². The predicted octanol–water partition coefficient (Wildman–Crippen LogP) is 1.58. The van der Waals surface area contributed by atoms with Crippen LogP contribution in [0, 0.1) is 5.41 Å². The van der Waals surface area contributed by atoms with Crippen molar-refractivity contribution in [3.8, 4) is 0 Å². The summed E-state index contributed by atoms with van der Waals surface area (Å²) in [5.74, 6) is -0.168. The minimum Gasteiger partial charge on any atom is -0.356 e. The lowest BCUT2D eigenvalue weighted by molar-refractivity contribution is -0.157. The molecule has 0 saturated carbocycles. The lowest BCUT2D eigenvalue weighted by Crippen LogP contribution is -2.56. The Hall–Kier alpha value is -1.92. The maximum atomic E-state index is 13.2. The molecule has 146 valence electrons. The Morgan fingerprint density at radius 1 is 1.15 bits per heavy atom. The van der Waals surface area contributed by atoms with Crippen molar-refractivity contribution in [3.63, 3.8) is 0 Å². The Labute approximate surface area is 160 Å². The van der Waals surface area contributed by atoms with E-state index < -0.39 is 12.1 Å². The van der Waals surface area contributed by atoms with Gasteiger partial charge in [0.15, 0.2) is 6.10 Å². The zero-order valence-corrected chi connectivity index (χ0v) is 16.0. The van der Waals surface area contributed by atoms with Gasteiger partial charge < -0.3 is 19.9 Å². The van der Waals surface area contributed by atoms with Gasteiger partial charge in [0, 0.05) is 19.6 Å². The van der Waals surface area contributed by atoms with Crippen LogP contribution in [-0.2, 0) is 14.3 Å². The molecule has 3 heterocycles. The van der Waals surface area contributed by atoms with E-state index in [1.165, 1.54) is 19.4 Å². The van der Waals surface area contributed by atoms with Crippen LogP contribution in [0.4, 0.5) is 0 Å². The summed E-state index contributed by atoms with van der Waals surface area (Å²) in [5.41, 5.74) is 1.27. The van der Waals surface area contributed by atoms with Gasteiger partial charge in [-0.15, -0.1) is 0 Å². The summed E-state index contributed by atoms with van der Waals surface area (Å²) in [7, 11) is 2.20. The number of carbonyl (C=O) groups excluding carboxylic acids is 2. The molecular formula is C21H29N3O3. The monoisotopic (exact) mass is 371 g/mol. The van der Waals surface area contributed by atoms with E-state index in [2.05, 4.69) is 17.3 Å². The lowest BCUT2D eigenvalue weighted by Gasteiger charge is -2.47. The second-order valence-electron chi connectivity index (χ2n) is 8.35. The first-order valence-electron chi connectivity index (χ1n) is 10.00. The topological polar surface area (TPSA) is 61.9 Å². The van der Waals surface area contributed by atoms with Gasteiger partial charge in [0.25, 0.3) is 5.91 Å². The first kappa shape index (κ1) is 18.4. The molecule has 3 aliphatic rings. The Morgan fingerprint density at radius 3 is 2.59 bits per heavy atom. The van der Waals surface area contributed by atoms with E-state index in [4.69, 9.17) is 4.74 Å². The number of hydrogen-bond donors (Lipinski definition) is 1. The van der Waals surface area contributed by atoms with Gasteiger partial charge in [-0.05, 0) is 50.3 Å². The fraction of sp³-hybridized carbons (Fsp3) is 0.619. The minimum absolute atomic E-state index is 0.00265. The molecular weight excluding hydrogens is 342 g/mol. The number of nitrogens with one attached hydrogen (secondary N) is 1. The molecule has 3 saturated heterocycles. The number of rotatable bonds is 2. The zero-order chi connectivity index (χ0) is 18.9. The molecule has 1 spiro atoms. The van der Waals surface area contributed by atoms with Crippen LogP contribution >= 0.6 is 0 Å². The highest BCUT2D eigenvalue weighted by Crippen LogP contribution is 2.40. The average Bonchev–Trinajstić information content (AvgIpc) is 2.69. The fourth-order valence-corrected chi connectivity index (χ4v) is 4.93. The van der Waals surface area contributed by atoms with Gasteiger partial charge in [-0.3, -0.25) is 9.59 Å². The smallest absolute Gasteiger partial charge is 0.254 e. The first-order chi connectivity index (χ1) is 13.1. The summed E-state index contributed by atoms with van der Waals surface area (Å²) in [6.45, 7) is 3.82. The van der Waals surface area contributed by atoms with Gasteiger partial charge in [-0.1, -0.05) is 30.3 Å². The predicted molar refractivity (Wildman–Crippen MR) is 102 cm³/mol. The van der Waals surface area contributed by atoms with E-state index in [0.29, 0.717) is 5.41 Å². The molecule has 3 aliphatic heterocycles. The van der Waals surface area contributed by atoms with Crippen LogP contribution in [0.25, 0.3) is 0 Å². The van der Waals surface area contributed by atoms with Gasteiger partial charge in [0.2, 0.25) is 5.91 Å². The zero-order valence-electron chi connectivity index (χ0n) is 16.0. The van der Waals surface area contributed by atoms with Crippen LogP contribution < -0.4 is 5.32 Å². The third-order valence-corrected chi connectivity index (χ3v) is 6.40. The van der Waals surface area contributed by atoms with Crippen LogP contribution in [0.1, 0.15) is 37.3 Å². The van der Waals surface area contributed by atoms with Crippen LogP contribution in [-0.4, -0.2) is 67.6 Å². The van der Waals surface area contributed by atoms with Crippen molar-refractivity contribution in [3.05, 3.63) is 35.9 Å². The first-order valence-corrected chi connectivity index (χ1v) is 10.00. The van der Waals surface area contributed by atoms with E-state index in [0.717, 1.165) is 38.0 Å². The molecule has 0 radical (unpaired) electrons. The lowest BCUT2D eigenvalue weighted by atomic mass is 9.72. The number of hydrogen-bond acceptors (Lipinski definition) is 4. The minimum atomic E-state index is -0.645. The number of benzene rings is 1. The van der Waals surface area contributed by atoms with Crippen molar-refractivity contribution in [1.82, 2.24) is 15.1 Å². The number of carbonyl (C=O) groups is 2. The number of piperidine rings is 2. The SMILES string of the molecule is CN1CCCC2(CCN(C(=O)[C@H]3OCC(=O)N[C@@H]3c3ccccc3)CC2)C1. The molecule has 0 aliphatic carbocycles. The molecule has 6 nitrogen and oxygen atoms in total. The summed E-state index contributed by atoms with van der Waals surface area (Å²) < 4.78 is 5.71. The third kappa shape index (κ3) is 3.87. The number of morpholine rings is 1. The highest BCUT2D eigenvalue weighted by atomic mass is 16.5. The standard InChI is InChI=1S/C21H29N3O3/c1-23-11-5-8-21(15-23)9-12-24(13-10-21)20(26)19-18(22-17(25)14-27-19)16-6-3-2-4-7-16/h2-4,6-7,18-19H,5,8-15H2,1H3,(H,22,25)/t18-,19+/m1/s1. The molecule has 1 aromatic rings. The quantitative estimate of drug-likeness (QED) is 0.857. The molecule has 0 aromatic heterocycles. The maximum absolute atomic E-state index is 13.2. The second kappa shape index (κ2) is 7.60. The number of ether oxygens (including phenoxy) is 1. The van der Waals surface area contributed by atoms with E-state index in [1.807, 2.05) is 35.2 Å². The molecule has 2 amide bonds. The van der Waals surface area contributed by atoms with Crippen molar-refractivity contribution in [2.75, 3.05) is 39.8 Å². The van der Waals surface area contributed by atoms with Gasteiger partial charge in [0.05, 0.1) is 6.04 Å². The molecule has 0 unspecified atom stereocenters. The molecule has 6 heteroatoms. The second-order valence-corrected chi connectivity index (χ2v) is 8.35. The molecule has 1 N–H and O–H groups in total.